The Labute approximate surface area is 125 Å². The van der Waals surface area contributed by atoms with Crippen LogP contribution in [0.3, 0.4) is 0 Å². The van der Waals surface area contributed by atoms with Gasteiger partial charge in [-0.2, -0.15) is 0 Å². The van der Waals surface area contributed by atoms with Gasteiger partial charge < -0.3 is 20.5 Å². The Hall–Kier alpha value is -3.09. The van der Waals surface area contributed by atoms with Gasteiger partial charge in [0.1, 0.15) is 0 Å². The van der Waals surface area contributed by atoms with E-state index < -0.39 is 23.9 Å². The normalized spacial score (nSPS) is 11.6. The molecule has 0 fully saturated rings. The minimum absolute atomic E-state index is 0.587. The topological polar surface area (TPSA) is 119 Å². The number of H-pyrrole nitrogens is 1. The monoisotopic (exact) mass is 302 g/mol. The number of amides is 1. The number of aromatic amines is 1. The summed E-state index contributed by atoms with van der Waals surface area (Å²) in [6, 6.07) is 5.53. The Morgan fingerprint density at radius 3 is 2.45 bits per heavy atom. The Bertz CT molecular complexity index is 761. The summed E-state index contributed by atoms with van der Waals surface area (Å²) in [5.41, 5.74) is 2.28. The molecule has 114 valence electrons. The number of carbonyl (C=O) groups is 3. The van der Waals surface area contributed by atoms with Gasteiger partial charge in [0.05, 0.1) is 0 Å². The van der Waals surface area contributed by atoms with Gasteiger partial charge in [-0.1, -0.05) is 18.2 Å². The fourth-order valence-electron chi connectivity index (χ4n) is 2.09. The molecule has 0 atom stereocenters. The molecule has 0 spiro atoms. The largest absolute Gasteiger partial charge is 0.479 e. The molecule has 7 heteroatoms. The van der Waals surface area contributed by atoms with Crippen molar-refractivity contribution in [1.29, 1.82) is 0 Å². The van der Waals surface area contributed by atoms with Crippen LogP contribution < -0.4 is 5.32 Å². The van der Waals surface area contributed by atoms with Crippen LogP contribution in [0.5, 0.6) is 0 Å². The molecule has 0 unspecified atom stereocenters. The lowest BCUT2D eigenvalue weighted by atomic mass is 10.1. The number of hydrogen-bond acceptors (Lipinski definition) is 3. The van der Waals surface area contributed by atoms with Gasteiger partial charge in [0.15, 0.2) is 0 Å². The number of para-hydroxylation sites is 1. The predicted molar refractivity (Wildman–Crippen MR) is 79.2 cm³/mol. The number of aliphatic carboxylic acids is 2. The van der Waals surface area contributed by atoms with E-state index in [1.165, 1.54) is 6.08 Å². The van der Waals surface area contributed by atoms with Crippen molar-refractivity contribution in [3.8, 4) is 0 Å². The average Bonchev–Trinajstić information content (AvgIpc) is 2.88. The summed E-state index contributed by atoms with van der Waals surface area (Å²) in [6.45, 7) is 1.69. The van der Waals surface area contributed by atoms with E-state index in [2.05, 4.69) is 4.98 Å². The first-order chi connectivity index (χ1) is 10.4. The standard InChI is InChI=1S/C15H14N2O5/c1-8(6-12(18)17-13(14(19)20)15(21)22)10-7-16-11-5-3-2-4-9(10)11/h2-7,13,16H,1H3,(H,17,18)(H,19,20)(H,21,22)/b8-6-. The lowest BCUT2D eigenvalue weighted by Crippen LogP contribution is -2.45. The van der Waals surface area contributed by atoms with Gasteiger partial charge in [-0.15, -0.1) is 0 Å². The molecule has 0 aliphatic carbocycles. The molecule has 0 bridgehead atoms. The second kappa shape index (κ2) is 6.13. The molecule has 0 aliphatic rings. The van der Waals surface area contributed by atoms with Gasteiger partial charge in [-0.3, -0.25) is 4.79 Å². The lowest BCUT2D eigenvalue weighted by Gasteiger charge is -2.08. The zero-order chi connectivity index (χ0) is 16.3. The predicted octanol–water partition coefficient (Wildman–Crippen LogP) is 1.23. The zero-order valence-corrected chi connectivity index (χ0v) is 11.7. The van der Waals surface area contributed by atoms with Gasteiger partial charge in [0, 0.05) is 28.7 Å². The van der Waals surface area contributed by atoms with Crippen LogP contribution in [0.25, 0.3) is 16.5 Å². The molecule has 1 aromatic carbocycles. The van der Waals surface area contributed by atoms with Crippen molar-refractivity contribution in [2.24, 2.45) is 0 Å². The fraction of sp³-hybridized carbons (Fsp3) is 0.133. The molecular weight excluding hydrogens is 288 g/mol. The molecule has 7 nitrogen and oxygen atoms in total. The number of benzene rings is 1. The summed E-state index contributed by atoms with van der Waals surface area (Å²) in [5.74, 6) is -4.03. The molecule has 0 saturated heterocycles. The first kappa shape index (κ1) is 15.3. The third-order valence-electron chi connectivity index (χ3n) is 3.14. The first-order valence-electron chi connectivity index (χ1n) is 6.41. The molecule has 0 saturated carbocycles. The van der Waals surface area contributed by atoms with Crippen LogP contribution in [0.15, 0.2) is 36.5 Å². The Balaban J connectivity index is 2.23. The summed E-state index contributed by atoms with van der Waals surface area (Å²) < 4.78 is 0. The summed E-state index contributed by atoms with van der Waals surface area (Å²) in [6.07, 6.45) is 2.91. The van der Waals surface area contributed by atoms with E-state index in [1.807, 2.05) is 29.6 Å². The highest BCUT2D eigenvalue weighted by molar-refractivity contribution is 6.05. The molecule has 1 amide bonds. The van der Waals surface area contributed by atoms with Crippen LogP contribution in [-0.2, 0) is 14.4 Å². The number of carboxylic acids is 2. The summed E-state index contributed by atoms with van der Waals surface area (Å²) in [4.78, 5) is 36.3. The summed E-state index contributed by atoms with van der Waals surface area (Å²) in [7, 11) is 0. The van der Waals surface area contributed by atoms with E-state index in [4.69, 9.17) is 10.2 Å². The third kappa shape index (κ3) is 3.14. The highest BCUT2D eigenvalue weighted by atomic mass is 16.4. The van der Waals surface area contributed by atoms with E-state index in [9.17, 15) is 14.4 Å². The SMILES string of the molecule is C/C(=C/C(=O)NC(C(=O)O)C(=O)O)c1c[nH]c2ccccc12. The van der Waals surface area contributed by atoms with E-state index in [0.29, 0.717) is 5.57 Å². The molecule has 4 N–H and O–H groups in total. The molecule has 0 aliphatic heterocycles. The van der Waals surface area contributed by atoms with E-state index in [0.717, 1.165) is 16.5 Å². The highest BCUT2D eigenvalue weighted by Crippen LogP contribution is 2.24. The maximum Gasteiger partial charge on any atom is 0.338 e. The molecule has 1 aromatic heterocycles. The molecular formula is C15H14N2O5. The number of carbonyl (C=O) groups excluding carboxylic acids is 1. The molecule has 2 aromatic rings. The fourth-order valence-corrected chi connectivity index (χ4v) is 2.09. The number of nitrogens with one attached hydrogen (secondary N) is 2. The Morgan fingerprint density at radius 1 is 1.18 bits per heavy atom. The maximum absolute atomic E-state index is 11.8. The number of rotatable bonds is 5. The Kier molecular flexibility index (Phi) is 4.26. The number of carboxylic acid groups (broad SMARTS) is 2. The number of allylic oxidation sites excluding steroid dienone is 1. The van der Waals surface area contributed by atoms with Gasteiger partial charge in [-0.25, -0.2) is 9.59 Å². The second-order valence-electron chi connectivity index (χ2n) is 4.69. The molecule has 0 radical (unpaired) electrons. The van der Waals surface area contributed by atoms with Crippen LogP contribution in [0, 0.1) is 0 Å². The first-order valence-corrected chi connectivity index (χ1v) is 6.41. The average molecular weight is 302 g/mol. The van der Waals surface area contributed by atoms with Crippen molar-refractivity contribution in [2.75, 3.05) is 0 Å². The van der Waals surface area contributed by atoms with Crippen molar-refractivity contribution in [2.45, 2.75) is 13.0 Å². The zero-order valence-electron chi connectivity index (χ0n) is 11.7. The van der Waals surface area contributed by atoms with Crippen LogP contribution in [0.2, 0.25) is 0 Å². The van der Waals surface area contributed by atoms with Gasteiger partial charge in [0.25, 0.3) is 0 Å². The number of hydrogen-bond donors (Lipinski definition) is 4. The quantitative estimate of drug-likeness (QED) is 0.489. The summed E-state index contributed by atoms with van der Waals surface area (Å²) >= 11 is 0. The lowest BCUT2D eigenvalue weighted by molar-refractivity contribution is -0.152. The third-order valence-corrected chi connectivity index (χ3v) is 3.14. The van der Waals surface area contributed by atoms with Crippen LogP contribution in [-0.4, -0.2) is 39.1 Å². The molecule has 1 heterocycles. The second-order valence-corrected chi connectivity index (χ2v) is 4.69. The summed E-state index contributed by atoms with van der Waals surface area (Å²) in [5, 5.41) is 20.3. The van der Waals surface area contributed by atoms with E-state index in [-0.39, 0.29) is 0 Å². The van der Waals surface area contributed by atoms with Crippen molar-refractivity contribution in [3.05, 3.63) is 42.1 Å². The minimum Gasteiger partial charge on any atom is -0.479 e. The van der Waals surface area contributed by atoms with Crippen LogP contribution >= 0.6 is 0 Å². The van der Waals surface area contributed by atoms with Crippen molar-refractivity contribution in [3.63, 3.8) is 0 Å². The van der Waals surface area contributed by atoms with Crippen LogP contribution in [0.4, 0.5) is 0 Å². The van der Waals surface area contributed by atoms with Gasteiger partial charge in [-0.05, 0) is 18.6 Å². The molecule has 2 rings (SSSR count). The van der Waals surface area contributed by atoms with Crippen LogP contribution in [0.1, 0.15) is 12.5 Å². The van der Waals surface area contributed by atoms with Crippen molar-refractivity contribution in [1.82, 2.24) is 10.3 Å². The van der Waals surface area contributed by atoms with E-state index >= 15 is 0 Å². The number of aromatic nitrogens is 1. The van der Waals surface area contributed by atoms with Crippen molar-refractivity contribution < 1.29 is 24.6 Å². The van der Waals surface area contributed by atoms with Gasteiger partial charge in [0.2, 0.25) is 11.9 Å². The number of fused-ring (bicyclic) bond motifs is 1. The van der Waals surface area contributed by atoms with E-state index in [1.54, 1.807) is 13.1 Å². The molecule has 22 heavy (non-hydrogen) atoms. The maximum atomic E-state index is 11.8. The highest BCUT2D eigenvalue weighted by Gasteiger charge is 2.26. The van der Waals surface area contributed by atoms with Crippen molar-refractivity contribution >= 4 is 34.3 Å². The smallest absolute Gasteiger partial charge is 0.338 e. The minimum atomic E-state index is -1.97. The Morgan fingerprint density at radius 2 is 1.82 bits per heavy atom. The van der Waals surface area contributed by atoms with Gasteiger partial charge >= 0.3 is 11.9 Å².